The molecule has 1 aromatic rings. The van der Waals surface area contributed by atoms with Gasteiger partial charge in [-0.05, 0) is 31.9 Å². The molecule has 0 bridgehead atoms. The molecule has 0 radical (unpaired) electrons. The zero-order valence-corrected chi connectivity index (χ0v) is 16.5. The quantitative estimate of drug-likeness (QED) is 0.472. The number of benzene rings is 1. The second kappa shape index (κ2) is 9.92. The lowest BCUT2D eigenvalue weighted by Crippen LogP contribution is -2.35. The maximum atomic E-state index is 13.3. The van der Waals surface area contributed by atoms with Crippen LogP contribution in [0.25, 0.3) is 6.08 Å². The van der Waals surface area contributed by atoms with Gasteiger partial charge in [-0.1, -0.05) is 42.5 Å². The molecule has 23 heavy (non-hydrogen) atoms. The van der Waals surface area contributed by atoms with Crippen molar-refractivity contribution in [1.29, 1.82) is 0 Å². The molecule has 1 aromatic carbocycles. The fraction of sp³-hybridized carbons (Fsp3) is 0.500. The Morgan fingerprint density at radius 3 is 2.13 bits per heavy atom. The highest BCUT2D eigenvalue weighted by Gasteiger charge is 2.54. The molecule has 1 N–H and O–H groups in total. The average Bonchev–Trinajstić information content (AvgIpc) is 2.56. The molecule has 0 heterocycles. The van der Waals surface area contributed by atoms with Crippen LogP contribution in [0.2, 0.25) is 0 Å². The summed E-state index contributed by atoms with van der Waals surface area (Å²) in [6.45, 7) is 4.05. The Morgan fingerprint density at radius 2 is 1.70 bits per heavy atom. The minimum absolute atomic E-state index is 0.259. The standard InChI is InChI=1S/C16H25O4PS2/c1-5-19-21(18,20-6-2)16(22-3,23-4)15(17)13-12-14-10-8-7-9-11-14/h7-13,15,17H,5-6H2,1-4H3/b13-12+. The van der Waals surface area contributed by atoms with Crippen LogP contribution in [0.4, 0.5) is 0 Å². The zero-order chi connectivity index (χ0) is 17.3. The fourth-order valence-electron chi connectivity index (χ4n) is 2.16. The second-order valence-electron chi connectivity index (χ2n) is 4.59. The molecule has 0 amide bonds. The Kier molecular flexibility index (Phi) is 8.98. The predicted octanol–water partition coefficient (Wildman–Crippen LogP) is 4.71. The molecule has 0 fully saturated rings. The lowest BCUT2D eigenvalue weighted by atomic mass is 10.2. The van der Waals surface area contributed by atoms with Crippen LogP contribution < -0.4 is 0 Å². The maximum absolute atomic E-state index is 13.3. The highest BCUT2D eigenvalue weighted by Crippen LogP contribution is 2.70. The summed E-state index contributed by atoms with van der Waals surface area (Å²) in [6.07, 6.45) is 6.08. The molecule has 1 rings (SSSR count). The first-order valence-electron chi connectivity index (χ1n) is 7.40. The van der Waals surface area contributed by atoms with Gasteiger partial charge in [-0.3, -0.25) is 4.57 Å². The fourth-order valence-corrected chi connectivity index (χ4v) is 7.41. The van der Waals surface area contributed by atoms with Crippen molar-refractivity contribution in [3.8, 4) is 0 Å². The number of aliphatic hydroxyl groups excluding tert-OH is 1. The summed E-state index contributed by atoms with van der Waals surface area (Å²) in [5.74, 6) is 0. The summed E-state index contributed by atoms with van der Waals surface area (Å²) in [4.78, 5) is 0. The van der Waals surface area contributed by atoms with E-state index in [4.69, 9.17) is 9.05 Å². The average molecular weight is 376 g/mol. The van der Waals surface area contributed by atoms with Gasteiger partial charge in [0.25, 0.3) is 0 Å². The van der Waals surface area contributed by atoms with Crippen molar-refractivity contribution in [2.24, 2.45) is 0 Å². The molecule has 4 nitrogen and oxygen atoms in total. The van der Waals surface area contributed by atoms with Gasteiger partial charge in [0.15, 0.2) is 3.82 Å². The van der Waals surface area contributed by atoms with Crippen molar-refractivity contribution in [3.63, 3.8) is 0 Å². The number of hydrogen-bond acceptors (Lipinski definition) is 6. The number of rotatable bonds is 10. The van der Waals surface area contributed by atoms with E-state index >= 15 is 0 Å². The van der Waals surface area contributed by atoms with Crippen molar-refractivity contribution in [1.82, 2.24) is 0 Å². The van der Waals surface area contributed by atoms with Crippen LogP contribution in [-0.4, -0.2) is 40.8 Å². The van der Waals surface area contributed by atoms with Gasteiger partial charge in [0.05, 0.1) is 13.2 Å². The van der Waals surface area contributed by atoms with Crippen LogP contribution in [0.1, 0.15) is 19.4 Å². The molecule has 0 aromatic heterocycles. The van der Waals surface area contributed by atoms with Gasteiger partial charge in [-0.15, -0.1) is 23.5 Å². The molecule has 0 spiro atoms. The van der Waals surface area contributed by atoms with Gasteiger partial charge in [0, 0.05) is 0 Å². The topological polar surface area (TPSA) is 55.8 Å². The SMILES string of the molecule is CCOP(=O)(OCC)C(SC)(SC)C(O)/C=C/c1ccccc1. The van der Waals surface area contributed by atoms with Crippen LogP contribution in [0, 0.1) is 0 Å². The van der Waals surface area contributed by atoms with Crippen LogP contribution >= 0.6 is 31.1 Å². The van der Waals surface area contributed by atoms with Gasteiger partial charge in [-0.25, -0.2) is 0 Å². The third kappa shape index (κ3) is 4.88. The minimum Gasteiger partial charge on any atom is -0.386 e. The monoisotopic (exact) mass is 376 g/mol. The van der Waals surface area contributed by atoms with Gasteiger partial charge in [-0.2, -0.15) is 0 Å². The van der Waals surface area contributed by atoms with Crippen LogP contribution in [0.5, 0.6) is 0 Å². The van der Waals surface area contributed by atoms with Crippen molar-refractivity contribution in [3.05, 3.63) is 42.0 Å². The zero-order valence-electron chi connectivity index (χ0n) is 14.0. The van der Waals surface area contributed by atoms with E-state index < -0.39 is 17.5 Å². The van der Waals surface area contributed by atoms with Crippen molar-refractivity contribution in [2.75, 3.05) is 25.7 Å². The van der Waals surface area contributed by atoms with E-state index in [9.17, 15) is 9.67 Å². The maximum Gasteiger partial charge on any atom is 0.359 e. The number of hydrogen-bond donors (Lipinski definition) is 1. The van der Waals surface area contributed by atoms with Gasteiger partial charge in [0.2, 0.25) is 0 Å². The Balaban J connectivity index is 3.15. The summed E-state index contributed by atoms with van der Waals surface area (Å²) in [7, 11) is -3.51. The molecule has 1 atom stereocenters. The summed E-state index contributed by atoms with van der Waals surface area (Å²) < 4.78 is 23.1. The molecule has 0 aliphatic rings. The van der Waals surface area contributed by atoms with E-state index in [1.165, 1.54) is 23.5 Å². The Bertz CT molecular complexity index is 522. The molecule has 0 saturated heterocycles. The molecule has 7 heteroatoms. The number of thioether (sulfide) groups is 2. The van der Waals surface area contributed by atoms with Crippen molar-refractivity contribution < 1.29 is 18.7 Å². The first-order chi connectivity index (χ1) is 11.0. The van der Waals surface area contributed by atoms with Crippen LogP contribution in [0.3, 0.4) is 0 Å². The predicted molar refractivity (Wildman–Crippen MR) is 102 cm³/mol. The Labute approximate surface area is 147 Å². The molecular weight excluding hydrogens is 351 g/mol. The largest absolute Gasteiger partial charge is 0.386 e. The minimum atomic E-state index is -3.51. The highest BCUT2D eigenvalue weighted by molar-refractivity contribution is 8.24. The molecule has 1 unspecified atom stereocenters. The molecule has 0 aliphatic heterocycles. The molecule has 130 valence electrons. The van der Waals surface area contributed by atoms with E-state index in [0.29, 0.717) is 0 Å². The summed E-state index contributed by atoms with van der Waals surface area (Å²) in [6, 6.07) is 9.66. The second-order valence-corrected chi connectivity index (χ2v) is 9.77. The first kappa shape index (κ1) is 20.8. The smallest absolute Gasteiger partial charge is 0.359 e. The van der Waals surface area contributed by atoms with Crippen LogP contribution in [-0.2, 0) is 13.6 Å². The van der Waals surface area contributed by atoms with E-state index in [2.05, 4.69) is 0 Å². The highest BCUT2D eigenvalue weighted by atomic mass is 32.2. The normalized spacial score (nSPS) is 14.3. The first-order valence-corrected chi connectivity index (χ1v) is 11.4. The Morgan fingerprint density at radius 1 is 1.17 bits per heavy atom. The lowest BCUT2D eigenvalue weighted by Gasteiger charge is -2.38. The molecular formula is C16H25O4PS2. The summed E-state index contributed by atoms with van der Waals surface area (Å²) in [5, 5.41) is 10.7. The van der Waals surface area contributed by atoms with E-state index in [0.717, 1.165) is 5.56 Å². The lowest BCUT2D eigenvalue weighted by molar-refractivity contribution is 0.180. The van der Waals surface area contributed by atoms with Crippen molar-refractivity contribution in [2.45, 2.75) is 23.8 Å². The number of aliphatic hydroxyl groups is 1. The third-order valence-electron chi connectivity index (χ3n) is 3.21. The van der Waals surface area contributed by atoms with Gasteiger partial charge >= 0.3 is 7.60 Å². The summed E-state index contributed by atoms with van der Waals surface area (Å²) in [5.41, 5.74) is 0.963. The Hall–Kier alpha value is -0.230. The van der Waals surface area contributed by atoms with Crippen molar-refractivity contribution >= 4 is 37.2 Å². The van der Waals surface area contributed by atoms with E-state index in [-0.39, 0.29) is 13.2 Å². The van der Waals surface area contributed by atoms with E-state index in [1.54, 1.807) is 32.4 Å². The van der Waals surface area contributed by atoms with Crippen LogP contribution in [0.15, 0.2) is 36.4 Å². The van der Waals surface area contributed by atoms with Gasteiger partial charge < -0.3 is 14.2 Å². The molecule has 0 aliphatic carbocycles. The van der Waals surface area contributed by atoms with E-state index in [1.807, 2.05) is 36.4 Å². The molecule has 0 saturated carbocycles. The third-order valence-corrected chi connectivity index (χ3v) is 10.5. The van der Waals surface area contributed by atoms with Gasteiger partial charge in [0.1, 0.15) is 6.10 Å². The summed E-state index contributed by atoms with van der Waals surface area (Å²) >= 11 is 2.59.